The first-order chi connectivity index (χ1) is 9.63. The number of thioether (sulfide) groups is 1. The third-order valence-corrected chi connectivity index (χ3v) is 4.74. The van der Waals surface area contributed by atoms with Crippen LogP contribution in [-0.4, -0.2) is 24.1 Å². The average Bonchev–Trinajstić information content (AvgIpc) is 2.42. The van der Waals surface area contributed by atoms with Crippen LogP contribution in [0.5, 0.6) is 0 Å². The Kier molecular flexibility index (Phi) is 9.41. The number of benzene rings is 1. The fraction of sp³-hybridized carbons (Fsp3) is 0.647. The van der Waals surface area contributed by atoms with Crippen molar-refractivity contribution in [2.75, 3.05) is 18.1 Å². The van der Waals surface area contributed by atoms with Gasteiger partial charge in [-0.05, 0) is 54.9 Å². The first kappa shape index (κ1) is 17.9. The Morgan fingerprint density at radius 1 is 1.25 bits per heavy atom. The Labute approximate surface area is 133 Å². The molecule has 1 aromatic rings. The first-order valence-corrected chi connectivity index (χ1v) is 9.21. The van der Waals surface area contributed by atoms with Crippen LogP contribution in [-0.2, 0) is 6.42 Å². The van der Waals surface area contributed by atoms with Crippen molar-refractivity contribution in [3.8, 4) is 0 Å². The van der Waals surface area contributed by atoms with Crippen molar-refractivity contribution in [1.82, 2.24) is 5.32 Å². The summed E-state index contributed by atoms with van der Waals surface area (Å²) in [5, 5.41) is 4.48. The Balaban J connectivity index is 2.50. The van der Waals surface area contributed by atoms with Crippen LogP contribution in [0.3, 0.4) is 0 Å². The summed E-state index contributed by atoms with van der Waals surface area (Å²) >= 11 is 8.33. The van der Waals surface area contributed by atoms with Crippen LogP contribution in [0.25, 0.3) is 0 Å². The highest BCUT2D eigenvalue weighted by Gasteiger charge is 2.12. The number of nitrogens with one attached hydrogen (secondary N) is 1. The smallest absolute Gasteiger partial charge is 0.0438 e. The molecule has 0 aromatic heterocycles. The Morgan fingerprint density at radius 2 is 2.00 bits per heavy atom. The fourth-order valence-electron chi connectivity index (χ4n) is 2.27. The lowest BCUT2D eigenvalue weighted by Crippen LogP contribution is -2.30. The number of hydrogen-bond donors (Lipinski definition) is 1. The summed E-state index contributed by atoms with van der Waals surface area (Å²) < 4.78 is 0. The van der Waals surface area contributed by atoms with Gasteiger partial charge in [0.05, 0.1) is 0 Å². The van der Waals surface area contributed by atoms with Crippen molar-refractivity contribution < 1.29 is 0 Å². The molecule has 0 spiro atoms. The van der Waals surface area contributed by atoms with E-state index in [2.05, 4.69) is 38.2 Å². The van der Waals surface area contributed by atoms with E-state index in [9.17, 15) is 0 Å². The molecule has 114 valence electrons. The van der Waals surface area contributed by atoms with Crippen LogP contribution in [0.2, 0.25) is 5.02 Å². The fourth-order valence-corrected chi connectivity index (χ4v) is 3.14. The molecule has 0 aliphatic rings. The molecule has 20 heavy (non-hydrogen) atoms. The summed E-state index contributed by atoms with van der Waals surface area (Å²) in [7, 11) is 0. The average molecular weight is 314 g/mol. The van der Waals surface area contributed by atoms with Crippen molar-refractivity contribution in [2.24, 2.45) is 5.92 Å². The largest absolute Gasteiger partial charge is 0.314 e. The van der Waals surface area contributed by atoms with E-state index >= 15 is 0 Å². The van der Waals surface area contributed by atoms with Crippen molar-refractivity contribution in [2.45, 2.75) is 46.1 Å². The zero-order valence-corrected chi connectivity index (χ0v) is 14.6. The summed E-state index contributed by atoms with van der Waals surface area (Å²) in [6.45, 7) is 7.73. The van der Waals surface area contributed by atoms with Crippen LogP contribution in [0.15, 0.2) is 24.3 Å². The number of rotatable bonds is 10. The molecule has 0 aliphatic heterocycles. The summed E-state index contributed by atoms with van der Waals surface area (Å²) in [4.78, 5) is 0. The molecule has 0 aliphatic carbocycles. The normalized spacial score (nSPS) is 12.8. The number of hydrogen-bond acceptors (Lipinski definition) is 2. The van der Waals surface area contributed by atoms with Gasteiger partial charge in [-0.15, -0.1) is 0 Å². The maximum atomic E-state index is 6.29. The molecule has 1 unspecified atom stereocenters. The van der Waals surface area contributed by atoms with Gasteiger partial charge in [0.1, 0.15) is 0 Å². The Bertz CT molecular complexity index is 368. The second kappa shape index (κ2) is 10.5. The van der Waals surface area contributed by atoms with E-state index in [0.29, 0.717) is 12.0 Å². The Morgan fingerprint density at radius 3 is 2.65 bits per heavy atom. The second-order valence-electron chi connectivity index (χ2n) is 5.56. The third kappa shape index (κ3) is 7.56. The summed E-state index contributed by atoms with van der Waals surface area (Å²) in [5.74, 6) is 3.17. The van der Waals surface area contributed by atoms with E-state index in [0.717, 1.165) is 18.0 Å². The third-order valence-electron chi connectivity index (χ3n) is 3.39. The molecule has 0 radical (unpaired) electrons. The van der Waals surface area contributed by atoms with Crippen LogP contribution in [0, 0.1) is 5.92 Å². The minimum absolute atomic E-state index is 0.550. The predicted octanol–water partition coefficient (Wildman–Crippen LogP) is 5.03. The van der Waals surface area contributed by atoms with Crippen LogP contribution in [0.4, 0.5) is 0 Å². The lowest BCUT2D eigenvalue weighted by atomic mass is 9.94. The number of halogens is 1. The maximum absolute atomic E-state index is 6.29. The Hall–Kier alpha value is -0.180. The molecule has 0 saturated heterocycles. The molecule has 1 rings (SSSR count). The van der Waals surface area contributed by atoms with Crippen molar-refractivity contribution in [3.63, 3.8) is 0 Å². The van der Waals surface area contributed by atoms with Crippen molar-refractivity contribution >= 4 is 23.4 Å². The highest BCUT2D eigenvalue weighted by molar-refractivity contribution is 7.99. The van der Waals surface area contributed by atoms with Gasteiger partial charge >= 0.3 is 0 Å². The summed E-state index contributed by atoms with van der Waals surface area (Å²) in [5.41, 5.74) is 1.29. The minimum atomic E-state index is 0.550. The highest BCUT2D eigenvalue weighted by Crippen LogP contribution is 2.21. The van der Waals surface area contributed by atoms with E-state index in [4.69, 9.17) is 11.6 Å². The lowest BCUT2D eigenvalue weighted by Gasteiger charge is -2.20. The summed E-state index contributed by atoms with van der Waals surface area (Å²) in [6, 6.07) is 8.79. The van der Waals surface area contributed by atoms with Gasteiger partial charge in [0.25, 0.3) is 0 Å². The molecule has 0 heterocycles. The molecule has 0 saturated carbocycles. The monoisotopic (exact) mass is 313 g/mol. The van der Waals surface area contributed by atoms with Crippen LogP contribution in [0.1, 0.15) is 39.2 Å². The molecular weight excluding hydrogens is 286 g/mol. The highest BCUT2D eigenvalue weighted by atomic mass is 35.5. The molecule has 3 heteroatoms. The van der Waals surface area contributed by atoms with E-state index in [-0.39, 0.29) is 0 Å². The molecule has 0 amide bonds. The van der Waals surface area contributed by atoms with Gasteiger partial charge in [-0.2, -0.15) is 11.8 Å². The predicted molar refractivity (Wildman–Crippen MR) is 94.0 cm³/mol. The summed E-state index contributed by atoms with van der Waals surface area (Å²) in [6.07, 6.45) is 3.65. The topological polar surface area (TPSA) is 12.0 Å². The van der Waals surface area contributed by atoms with Crippen LogP contribution >= 0.6 is 23.4 Å². The lowest BCUT2D eigenvalue weighted by molar-refractivity contribution is 0.419. The standard InChI is InChI=1S/C17H28ClNS/c1-4-20-11-7-8-15(13-19-14(2)3)12-16-9-5-6-10-17(16)18/h5-6,9-10,14-15,19H,4,7-8,11-13H2,1-3H3. The van der Waals surface area contributed by atoms with E-state index in [1.54, 1.807) is 0 Å². The van der Waals surface area contributed by atoms with Gasteiger partial charge < -0.3 is 5.32 Å². The van der Waals surface area contributed by atoms with Gasteiger partial charge in [-0.25, -0.2) is 0 Å². The molecule has 1 atom stereocenters. The van der Waals surface area contributed by atoms with Crippen molar-refractivity contribution in [1.29, 1.82) is 0 Å². The van der Waals surface area contributed by atoms with Gasteiger partial charge in [0.2, 0.25) is 0 Å². The van der Waals surface area contributed by atoms with Gasteiger partial charge in [-0.1, -0.05) is 50.6 Å². The molecule has 1 N–H and O–H groups in total. The van der Waals surface area contributed by atoms with E-state index < -0.39 is 0 Å². The molecule has 1 aromatic carbocycles. The minimum Gasteiger partial charge on any atom is -0.314 e. The molecule has 1 nitrogen and oxygen atoms in total. The maximum Gasteiger partial charge on any atom is 0.0438 e. The zero-order chi connectivity index (χ0) is 14.8. The van der Waals surface area contributed by atoms with Gasteiger partial charge in [-0.3, -0.25) is 0 Å². The second-order valence-corrected chi connectivity index (χ2v) is 7.36. The van der Waals surface area contributed by atoms with E-state index in [1.807, 2.05) is 23.9 Å². The van der Waals surface area contributed by atoms with Crippen molar-refractivity contribution in [3.05, 3.63) is 34.9 Å². The molecule has 0 fully saturated rings. The first-order valence-electron chi connectivity index (χ1n) is 7.68. The molecule has 0 bridgehead atoms. The quantitative estimate of drug-likeness (QED) is 0.608. The SMILES string of the molecule is CCSCCCC(CNC(C)C)Cc1ccccc1Cl. The van der Waals surface area contributed by atoms with E-state index in [1.165, 1.54) is 29.9 Å². The molecular formula is C17H28ClNS. The van der Waals surface area contributed by atoms with Crippen LogP contribution < -0.4 is 5.32 Å². The zero-order valence-electron chi connectivity index (χ0n) is 13.0. The van der Waals surface area contributed by atoms with Gasteiger partial charge in [0, 0.05) is 11.1 Å². The van der Waals surface area contributed by atoms with Gasteiger partial charge in [0.15, 0.2) is 0 Å².